The molecule has 1 aliphatic heterocycles. The fourth-order valence-corrected chi connectivity index (χ4v) is 6.19. The molecule has 2 bridgehead atoms. The Morgan fingerprint density at radius 1 is 0.919 bits per heavy atom. The van der Waals surface area contributed by atoms with Crippen molar-refractivity contribution >= 4 is 45.5 Å². The van der Waals surface area contributed by atoms with Gasteiger partial charge in [0.1, 0.15) is 6.04 Å². The van der Waals surface area contributed by atoms with Crippen LogP contribution in [0.15, 0.2) is 59.1 Å². The molecule has 3 aliphatic rings. The number of amides is 4. The van der Waals surface area contributed by atoms with E-state index in [-0.39, 0.29) is 41.9 Å². The predicted octanol–water partition coefficient (Wildman–Crippen LogP) is 2.40. The number of benzene rings is 2. The normalized spacial score (nSPS) is 24.5. The van der Waals surface area contributed by atoms with Crippen LogP contribution in [0.2, 0.25) is 0 Å². The van der Waals surface area contributed by atoms with Gasteiger partial charge in [-0.25, -0.2) is 4.79 Å². The maximum absolute atomic E-state index is 13.4. The van der Waals surface area contributed by atoms with Crippen LogP contribution in [-0.2, 0) is 30.3 Å². The molecule has 5 atom stereocenters. The lowest BCUT2D eigenvalue weighted by atomic mass is 9.81. The average molecular weight is 568 g/mol. The third-order valence-corrected chi connectivity index (χ3v) is 8.11. The van der Waals surface area contributed by atoms with Crippen molar-refractivity contribution < 1.29 is 28.7 Å². The number of ether oxygens (including phenoxy) is 1. The van der Waals surface area contributed by atoms with Gasteiger partial charge in [-0.2, -0.15) is 0 Å². The lowest BCUT2D eigenvalue weighted by Gasteiger charge is -2.26. The molecule has 37 heavy (non-hydrogen) atoms. The molecule has 0 aromatic heterocycles. The van der Waals surface area contributed by atoms with Crippen LogP contribution in [-0.4, -0.2) is 47.1 Å². The zero-order chi connectivity index (χ0) is 26.1. The van der Waals surface area contributed by atoms with Gasteiger partial charge in [-0.15, -0.1) is 0 Å². The molecule has 0 radical (unpaired) electrons. The fraction of sp³-hybridized carbons (Fsp3) is 0.370. The second kappa shape index (κ2) is 10.5. The zero-order valence-corrected chi connectivity index (χ0v) is 21.5. The van der Waals surface area contributed by atoms with Crippen LogP contribution in [0.1, 0.15) is 35.2 Å². The number of halogens is 1. The summed E-state index contributed by atoms with van der Waals surface area (Å²) in [6.07, 6.45) is 2.84. The van der Waals surface area contributed by atoms with E-state index >= 15 is 0 Å². The van der Waals surface area contributed by atoms with Crippen LogP contribution >= 0.6 is 15.9 Å². The van der Waals surface area contributed by atoms with Gasteiger partial charge in [-0.05, 0) is 60.9 Å². The van der Waals surface area contributed by atoms with Crippen LogP contribution in [0.4, 0.5) is 0 Å². The molecule has 9 nitrogen and oxygen atoms in total. The number of hydrogen-bond donors (Lipinski definition) is 2. The number of carbonyl (C=O) groups excluding carboxylic acids is 5. The van der Waals surface area contributed by atoms with Crippen LogP contribution in [0.25, 0.3) is 0 Å². The number of nitrogens with zero attached hydrogens (tertiary/aromatic N) is 1. The van der Waals surface area contributed by atoms with Crippen LogP contribution < -0.4 is 10.9 Å². The molecule has 2 aromatic carbocycles. The van der Waals surface area contributed by atoms with Crippen molar-refractivity contribution in [1.82, 2.24) is 15.8 Å². The van der Waals surface area contributed by atoms with E-state index in [1.807, 2.05) is 18.2 Å². The van der Waals surface area contributed by atoms with E-state index in [1.165, 1.54) is 0 Å². The highest BCUT2D eigenvalue weighted by molar-refractivity contribution is 9.10. The van der Waals surface area contributed by atoms with Crippen molar-refractivity contribution in [2.75, 3.05) is 6.61 Å². The second-order valence-corrected chi connectivity index (χ2v) is 10.7. The van der Waals surface area contributed by atoms with Crippen LogP contribution in [0, 0.1) is 23.7 Å². The maximum Gasteiger partial charge on any atom is 0.330 e. The number of carbonyl (C=O) groups is 5. The van der Waals surface area contributed by atoms with Gasteiger partial charge in [0.25, 0.3) is 11.8 Å². The van der Waals surface area contributed by atoms with E-state index in [0.29, 0.717) is 5.56 Å². The van der Waals surface area contributed by atoms with Crippen molar-refractivity contribution in [3.05, 3.63) is 70.2 Å². The maximum atomic E-state index is 13.4. The van der Waals surface area contributed by atoms with Crippen molar-refractivity contribution in [2.45, 2.75) is 31.7 Å². The van der Waals surface area contributed by atoms with Crippen LogP contribution in [0.3, 0.4) is 0 Å². The Morgan fingerprint density at radius 3 is 2.16 bits per heavy atom. The van der Waals surface area contributed by atoms with Gasteiger partial charge >= 0.3 is 5.97 Å². The quantitative estimate of drug-likeness (QED) is 0.301. The molecule has 0 unspecified atom stereocenters. The largest absolute Gasteiger partial charge is 0.454 e. The lowest BCUT2D eigenvalue weighted by molar-refractivity contribution is -0.160. The number of hydrogen-bond acceptors (Lipinski definition) is 6. The van der Waals surface area contributed by atoms with Crippen LogP contribution in [0.5, 0.6) is 0 Å². The topological polar surface area (TPSA) is 122 Å². The molecule has 192 valence electrons. The molecule has 2 saturated carbocycles. The van der Waals surface area contributed by atoms with E-state index in [4.69, 9.17) is 4.74 Å². The SMILES string of the molecule is O=C(COC(=O)[C@H](Cc1ccccc1)N1C(=O)[C@@H]2[C@H]3CC[C@@H](C3)[C@H]2C1=O)NNC(=O)c1ccc(Br)cc1. The van der Waals surface area contributed by atoms with E-state index in [9.17, 15) is 24.0 Å². The molecular formula is C27H26BrN3O6. The third-order valence-electron chi connectivity index (χ3n) is 7.58. The Kier molecular flexibility index (Phi) is 7.10. The standard InChI is InChI=1S/C27H26BrN3O6/c28-19-10-8-16(9-11-19)24(33)30-29-21(32)14-37-27(36)20(12-15-4-2-1-3-5-15)31-25(34)22-17-6-7-18(13-17)23(22)26(31)35/h1-5,8-11,17-18,20,22-23H,6-7,12-14H2,(H,29,32)(H,30,33)/t17-,18-,20-,22+,23+/m0/s1. The van der Waals surface area contributed by atoms with Crippen molar-refractivity contribution in [3.8, 4) is 0 Å². The molecule has 2 N–H and O–H groups in total. The summed E-state index contributed by atoms with van der Waals surface area (Å²) in [6.45, 7) is -0.681. The highest BCUT2D eigenvalue weighted by Crippen LogP contribution is 2.56. The zero-order valence-electron chi connectivity index (χ0n) is 19.9. The minimum atomic E-state index is -1.17. The van der Waals surface area contributed by atoms with E-state index in [1.54, 1.807) is 36.4 Å². The molecular weight excluding hydrogens is 542 g/mol. The first-order valence-corrected chi connectivity index (χ1v) is 13.0. The van der Waals surface area contributed by atoms with Crippen molar-refractivity contribution in [1.29, 1.82) is 0 Å². The molecule has 4 amide bonds. The average Bonchev–Trinajstić information content (AvgIpc) is 3.59. The molecule has 2 aromatic rings. The summed E-state index contributed by atoms with van der Waals surface area (Å²) in [5, 5.41) is 0. The van der Waals surface area contributed by atoms with Crippen molar-refractivity contribution in [3.63, 3.8) is 0 Å². The smallest absolute Gasteiger partial charge is 0.330 e. The van der Waals surface area contributed by atoms with E-state index in [2.05, 4.69) is 26.8 Å². The molecule has 1 heterocycles. The lowest BCUT2D eigenvalue weighted by Crippen LogP contribution is -2.49. The van der Waals surface area contributed by atoms with Crippen molar-refractivity contribution in [2.24, 2.45) is 23.7 Å². The first-order valence-electron chi connectivity index (χ1n) is 12.3. The number of esters is 1. The predicted molar refractivity (Wildman–Crippen MR) is 134 cm³/mol. The summed E-state index contributed by atoms with van der Waals surface area (Å²) >= 11 is 3.28. The Morgan fingerprint density at radius 2 is 1.54 bits per heavy atom. The summed E-state index contributed by atoms with van der Waals surface area (Å²) in [5.74, 6) is -3.13. The molecule has 1 saturated heterocycles. The van der Waals surface area contributed by atoms with E-state index < -0.39 is 30.4 Å². The van der Waals surface area contributed by atoms with Gasteiger partial charge in [0.2, 0.25) is 11.8 Å². The highest BCUT2D eigenvalue weighted by Gasteiger charge is 2.62. The third kappa shape index (κ3) is 5.02. The van der Waals surface area contributed by atoms with E-state index in [0.717, 1.165) is 34.2 Å². The summed E-state index contributed by atoms with van der Waals surface area (Å²) < 4.78 is 6.04. The van der Waals surface area contributed by atoms with Gasteiger partial charge in [-0.1, -0.05) is 46.3 Å². The number of nitrogens with one attached hydrogen (secondary N) is 2. The molecule has 10 heteroatoms. The number of imide groups is 1. The number of rotatable bonds is 7. The Labute approximate surface area is 222 Å². The summed E-state index contributed by atoms with van der Waals surface area (Å²) in [7, 11) is 0. The van der Waals surface area contributed by atoms with Gasteiger partial charge in [-0.3, -0.25) is 34.9 Å². The molecule has 3 fully saturated rings. The first-order chi connectivity index (χ1) is 17.8. The van der Waals surface area contributed by atoms with Gasteiger partial charge in [0.05, 0.1) is 11.8 Å². The number of hydrazine groups is 1. The summed E-state index contributed by atoms with van der Waals surface area (Å²) in [5.41, 5.74) is 5.55. The minimum absolute atomic E-state index is 0.0911. The number of fused-ring (bicyclic) bond motifs is 5. The molecule has 0 spiro atoms. The Hall–Kier alpha value is -3.53. The van der Waals surface area contributed by atoms with Gasteiger partial charge in [0, 0.05) is 16.5 Å². The second-order valence-electron chi connectivity index (χ2n) is 9.75. The van der Waals surface area contributed by atoms with Gasteiger partial charge < -0.3 is 4.74 Å². The Balaban J connectivity index is 1.24. The fourth-order valence-electron chi connectivity index (χ4n) is 5.93. The number of likely N-dealkylation sites (tertiary alicyclic amines) is 1. The molecule has 2 aliphatic carbocycles. The Bertz CT molecular complexity index is 1210. The highest BCUT2D eigenvalue weighted by atomic mass is 79.9. The summed E-state index contributed by atoms with van der Waals surface area (Å²) in [4.78, 5) is 65.4. The monoisotopic (exact) mass is 567 g/mol. The first kappa shape index (κ1) is 25.1. The van der Waals surface area contributed by atoms with Gasteiger partial charge in [0.15, 0.2) is 6.61 Å². The summed E-state index contributed by atoms with van der Waals surface area (Å²) in [6, 6.07) is 14.4. The molecule has 5 rings (SSSR count). The minimum Gasteiger partial charge on any atom is -0.454 e.